The van der Waals surface area contributed by atoms with E-state index in [0.717, 1.165) is 42.6 Å². The second-order valence-electron chi connectivity index (χ2n) is 8.61. The molecule has 5 heteroatoms. The van der Waals surface area contributed by atoms with E-state index in [-0.39, 0.29) is 6.04 Å². The number of hydroxylamine groups is 1. The first-order chi connectivity index (χ1) is 16.8. The normalized spacial score (nSPS) is 17.8. The lowest BCUT2D eigenvalue weighted by atomic mass is 9.81. The van der Waals surface area contributed by atoms with Gasteiger partial charge in [0.25, 0.3) is 0 Å². The van der Waals surface area contributed by atoms with Crippen molar-refractivity contribution in [1.29, 1.82) is 0 Å². The maximum absolute atomic E-state index is 6.49. The molecule has 0 aliphatic heterocycles. The Balaban J connectivity index is 1.56. The fourth-order valence-corrected chi connectivity index (χ4v) is 4.68. The molecule has 1 saturated carbocycles. The van der Waals surface area contributed by atoms with Gasteiger partial charge in [-0.2, -0.15) is 0 Å². The van der Waals surface area contributed by atoms with Gasteiger partial charge < -0.3 is 9.47 Å². The van der Waals surface area contributed by atoms with Crippen LogP contribution in [0.15, 0.2) is 85.6 Å². The molecule has 0 saturated heterocycles. The number of nitrogens with zero attached hydrogens (tertiary/aromatic N) is 2. The molecule has 34 heavy (non-hydrogen) atoms. The van der Waals surface area contributed by atoms with Crippen LogP contribution in [0.1, 0.15) is 48.4 Å². The smallest absolute Gasteiger partial charge is 0.168 e. The molecule has 0 bridgehead atoms. The number of hydrogen-bond donors (Lipinski definition) is 0. The highest BCUT2D eigenvalue weighted by Crippen LogP contribution is 2.39. The van der Waals surface area contributed by atoms with Crippen LogP contribution in [0.25, 0.3) is 0 Å². The van der Waals surface area contributed by atoms with Gasteiger partial charge in [-0.15, -0.1) is 6.58 Å². The summed E-state index contributed by atoms with van der Waals surface area (Å²) in [5, 5.41) is 2.06. The fraction of sp³-hybridized carbons (Fsp3) is 0.345. The zero-order chi connectivity index (χ0) is 23.6. The monoisotopic (exact) mass is 458 g/mol. The molecule has 1 heterocycles. The zero-order valence-electron chi connectivity index (χ0n) is 19.9. The van der Waals surface area contributed by atoms with E-state index in [4.69, 9.17) is 14.3 Å². The van der Waals surface area contributed by atoms with E-state index in [1.807, 2.05) is 24.3 Å². The molecular formula is C29H34N2O3. The van der Waals surface area contributed by atoms with Crippen molar-refractivity contribution in [2.75, 3.05) is 18.8 Å². The minimum Gasteiger partial charge on any atom is -0.492 e. The van der Waals surface area contributed by atoms with Crippen LogP contribution in [0.3, 0.4) is 0 Å². The van der Waals surface area contributed by atoms with Gasteiger partial charge >= 0.3 is 0 Å². The summed E-state index contributed by atoms with van der Waals surface area (Å²) in [6.07, 6.45) is 7.88. The molecule has 5 nitrogen and oxygen atoms in total. The van der Waals surface area contributed by atoms with Crippen molar-refractivity contribution in [3.63, 3.8) is 0 Å². The standard InChI is InChI=1S/C29H34N2O3/c1-3-20-33-22-27-29(32-2)28(18-19-30-27)31(34-21-23-10-6-4-7-11-23)26-16-14-25(15-17-26)24-12-8-5-9-13-24/h3-13,18-19,25-26H,1,14-17,20-22H2,2H3/t25-,26+. The molecule has 0 unspecified atom stereocenters. The Bertz CT molecular complexity index is 1020. The van der Waals surface area contributed by atoms with E-state index < -0.39 is 0 Å². The highest BCUT2D eigenvalue weighted by molar-refractivity contribution is 5.59. The van der Waals surface area contributed by atoms with Crippen LogP contribution in [-0.2, 0) is 22.8 Å². The van der Waals surface area contributed by atoms with E-state index >= 15 is 0 Å². The van der Waals surface area contributed by atoms with Crippen molar-refractivity contribution in [3.8, 4) is 5.75 Å². The lowest BCUT2D eigenvalue weighted by Crippen LogP contribution is -2.38. The van der Waals surface area contributed by atoms with Gasteiger partial charge in [-0.05, 0) is 48.8 Å². The average Bonchev–Trinajstić information content (AvgIpc) is 2.90. The van der Waals surface area contributed by atoms with E-state index in [1.165, 1.54) is 5.56 Å². The summed E-state index contributed by atoms with van der Waals surface area (Å²) in [5.41, 5.74) is 4.22. The second-order valence-corrected chi connectivity index (χ2v) is 8.61. The minimum atomic E-state index is 0.252. The zero-order valence-corrected chi connectivity index (χ0v) is 19.9. The van der Waals surface area contributed by atoms with Gasteiger partial charge in [0.2, 0.25) is 0 Å². The first kappa shape index (κ1) is 24.0. The third kappa shape index (κ3) is 6.04. The molecular weight excluding hydrogens is 424 g/mol. The Morgan fingerprint density at radius 3 is 2.32 bits per heavy atom. The van der Waals surface area contributed by atoms with Crippen molar-refractivity contribution < 1.29 is 14.3 Å². The van der Waals surface area contributed by atoms with E-state index in [0.29, 0.717) is 31.5 Å². The Hall–Kier alpha value is -3.15. The molecule has 2 aromatic carbocycles. The van der Waals surface area contributed by atoms with Gasteiger partial charge in [0, 0.05) is 6.20 Å². The summed E-state index contributed by atoms with van der Waals surface area (Å²) in [7, 11) is 1.68. The number of anilines is 1. The SMILES string of the molecule is C=CCOCc1nccc(N(OCc2ccccc2)[C@H]2CC[C@@H](c3ccccc3)CC2)c1OC. The number of ether oxygens (including phenoxy) is 2. The average molecular weight is 459 g/mol. The summed E-state index contributed by atoms with van der Waals surface area (Å²) in [5.74, 6) is 1.29. The largest absolute Gasteiger partial charge is 0.492 e. The first-order valence-electron chi connectivity index (χ1n) is 12.0. The van der Waals surface area contributed by atoms with Gasteiger partial charge in [0.05, 0.1) is 33.0 Å². The molecule has 3 aromatic rings. The summed E-state index contributed by atoms with van der Waals surface area (Å²) < 4.78 is 11.5. The molecule has 1 aliphatic carbocycles. The summed E-state index contributed by atoms with van der Waals surface area (Å²) in [4.78, 5) is 11.0. The maximum Gasteiger partial charge on any atom is 0.168 e. The van der Waals surface area contributed by atoms with Crippen LogP contribution >= 0.6 is 0 Å². The van der Waals surface area contributed by atoms with Crippen molar-refractivity contribution in [2.24, 2.45) is 0 Å². The van der Waals surface area contributed by atoms with E-state index in [2.05, 4.69) is 59.1 Å². The predicted octanol–water partition coefficient (Wildman–Crippen LogP) is 6.46. The molecule has 0 spiro atoms. The molecule has 178 valence electrons. The van der Waals surface area contributed by atoms with Crippen LogP contribution in [0.4, 0.5) is 5.69 Å². The number of methoxy groups -OCH3 is 1. The summed E-state index contributed by atoms with van der Waals surface area (Å²) >= 11 is 0. The lowest BCUT2D eigenvalue weighted by molar-refractivity contribution is 0.0611. The topological polar surface area (TPSA) is 43.8 Å². The third-order valence-electron chi connectivity index (χ3n) is 6.39. The first-order valence-corrected chi connectivity index (χ1v) is 12.0. The van der Waals surface area contributed by atoms with Crippen molar-refractivity contribution in [3.05, 3.63) is 102 Å². The second kappa shape index (κ2) is 12.4. The Kier molecular flexibility index (Phi) is 8.71. The van der Waals surface area contributed by atoms with Gasteiger partial charge in [-0.25, -0.2) is 5.06 Å². The van der Waals surface area contributed by atoms with Gasteiger partial charge in [0.1, 0.15) is 11.4 Å². The van der Waals surface area contributed by atoms with Crippen LogP contribution in [0.2, 0.25) is 0 Å². The minimum absolute atomic E-state index is 0.252. The van der Waals surface area contributed by atoms with Crippen molar-refractivity contribution in [1.82, 2.24) is 4.98 Å². The van der Waals surface area contributed by atoms with Crippen LogP contribution in [-0.4, -0.2) is 24.7 Å². The molecule has 1 aliphatic rings. The van der Waals surface area contributed by atoms with Gasteiger partial charge in [-0.3, -0.25) is 9.82 Å². The van der Waals surface area contributed by atoms with Crippen molar-refractivity contribution >= 4 is 5.69 Å². The highest BCUT2D eigenvalue weighted by atomic mass is 16.7. The maximum atomic E-state index is 6.49. The number of aromatic nitrogens is 1. The van der Waals surface area contributed by atoms with Crippen LogP contribution in [0.5, 0.6) is 5.75 Å². The number of hydrogen-bond acceptors (Lipinski definition) is 5. The third-order valence-corrected chi connectivity index (χ3v) is 6.39. The molecule has 1 fully saturated rings. The van der Waals surface area contributed by atoms with Crippen molar-refractivity contribution in [2.45, 2.75) is 50.9 Å². The van der Waals surface area contributed by atoms with E-state index in [1.54, 1.807) is 19.4 Å². The molecule has 4 rings (SSSR count). The summed E-state index contributed by atoms with van der Waals surface area (Å²) in [6, 6.07) is 23.3. The Labute approximate surface area is 203 Å². The van der Waals surface area contributed by atoms with Gasteiger partial charge in [0.15, 0.2) is 5.75 Å². The number of benzene rings is 2. The number of pyridine rings is 1. The Morgan fingerprint density at radius 2 is 1.65 bits per heavy atom. The highest BCUT2D eigenvalue weighted by Gasteiger charge is 2.30. The van der Waals surface area contributed by atoms with Gasteiger partial charge in [-0.1, -0.05) is 66.7 Å². The fourth-order valence-electron chi connectivity index (χ4n) is 4.68. The Morgan fingerprint density at radius 1 is 0.941 bits per heavy atom. The molecule has 0 amide bonds. The van der Waals surface area contributed by atoms with Crippen LogP contribution < -0.4 is 9.80 Å². The summed E-state index contributed by atoms with van der Waals surface area (Å²) in [6.45, 7) is 5.03. The molecule has 0 atom stereocenters. The number of rotatable bonds is 11. The predicted molar refractivity (Wildman–Crippen MR) is 136 cm³/mol. The molecule has 0 N–H and O–H groups in total. The molecule has 1 aromatic heterocycles. The quantitative estimate of drug-likeness (QED) is 0.187. The van der Waals surface area contributed by atoms with E-state index in [9.17, 15) is 0 Å². The lowest BCUT2D eigenvalue weighted by Gasteiger charge is -2.38. The van der Waals surface area contributed by atoms with Crippen LogP contribution in [0, 0.1) is 0 Å². The molecule has 0 radical (unpaired) electrons.